The quantitative estimate of drug-likeness (QED) is 0.0612. The Morgan fingerprint density at radius 3 is 2.23 bits per heavy atom. The number of fused-ring (bicyclic) bond motifs is 1. The number of carbonyl (C=O) groups excluding carboxylic acids is 3. The number of aromatic amines is 1. The van der Waals surface area contributed by atoms with Crippen molar-refractivity contribution in [2.24, 2.45) is 22.2 Å². The number of hydrogen-bond donors (Lipinski definition) is 10. The Hall–Kier alpha value is -4.21. The smallest absolute Gasteiger partial charge is 0.326 e. The standard InChI is InChI=1S/C24H36N8O7/c1-12(34)19(25)22(37)32-18(11-33)21(36)31-17(9-13-10-29-15-6-3-2-5-14(13)15)20(35)30-16(23(38)39)7-4-8-28-24(26)27/h2-3,5-6,10,12,16-19,29,33-34H,4,7-9,11,25H2,1H3,(H,30,35)(H,31,36)(H,32,37)(H,38,39)(H4,26,27,28). The van der Waals surface area contributed by atoms with Crippen LogP contribution in [0.5, 0.6) is 0 Å². The van der Waals surface area contributed by atoms with E-state index in [2.05, 4.69) is 25.9 Å². The highest BCUT2D eigenvalue weighted by molar-refractivity contribution is 5.95. The summed E-state index contributed by atoms with van der Waals surface area (Å²) in [5, 5.41) is 36.8. The van der Waals surface area contributed by atoms with Gasteiger partial charge >= 0.3 is 5.97 Å². The van der Waals surface area contributed by atoms with Crippen molar-refractivity contribution in [2.45, 2.75) is 56.5 Å². The third-order valence-corrected chi connectivity index (χ3v) is 5.93. The number of nitrogens with two attached hydrogens (primary N) is 3. The first-order valence-corrected chi connectivity index (χ1v) is 12.2. The van der Waals surface area contributed by atoms with Gasteiger partial charge < -0.3 is 53.5 Å². The van der Waals surface area contributed by atoms with E-state index in [0.29, 0.717) is 5.56 Å². The number of nitrogens with zero attached hydrogens (tertiary/aromatic N) is 1. The second-order valence-corrected chi connectivity index (χ2v) is 8.98. The van der Waals surface area contributed by atoms with E-state index < -0.39 is 60.6 Å². The molecule has 214 valence electrons. The number of amides is 3. The molecule has 0 aliphatic heterocycles. The molecule has 15 nitrogen and oxygen atoms in total. The monoisotopic (exact) mass is 548 g/mol. The van der Waals surface area contributed by atoms with Crippen molar-refractivity contribution in [1.29, 1.82) is 0 Å². The van der Waals surface area contributed by atoms with Crippen LogP contribution >= 0.6 is 0 Å². The molecule has 0 saturated heterocycles. The average Bonchev–Trinajstić information content (AvgIpc) is 3.30. The first kappa shape index (κ1) is 31.0. The molecule has 2 aromatic rings. The topological polar surface area (TPSA) is 271 Å². The van der Waals surface area contributed by atoms with Crippen molar-refractivity contribution in [1.82, 2.24) is 20.9 Å². The lowest BCUT2D eigenvalue weighted by atomic mass is 10.0. The van der Waals surface area contributed by atoms with Gasteiger partial charge in [0.2, 0.25) is 17.7 Å². The first-order valence-electron chi connectivity index (χ1n) is 12.2. The van der Waals surface area contributed by atoms with Crippen LogP contribution in [0.15, 0.2) is 35.5 Å². The zero-order chi connectivity index (χ0) is 29.1. The zero-order valence-electron chi connectivity index (χ0n) is 21.5. The minimum Gasteiger partial charge on any atom is -0.480 e. The molecule has 0 radical (unpaired) electrons. The molecule has 1 aromatic heterocycles. The van der Waals surface area contributed by atoms with Gasteiger partial charge in [0.05, 0.1) is 12.7 Å². The lowest BCUT2D eigenvalue weighted by molar-refractivity contribution is -0.142. The van der Waals surface area contributed by atoms with Crippen LogP contribution in [0.25, 0.3) is 10.9 Å². The lowest BCUT2D eigenvalue weighted by Crippen LogP contribution is -2.59. The van der Waals surface area contributed by atoms with Crippen LogP contribution in [-0.4, -0.2) is 93.4 Å². The largest absolute Gasteiger partial charge is 0.480 e. The number of aromatic nitrogens is 1. The van der Waals surface area contributed by atoms with Gasteiger partial charge in [-0.05, 0) is 31.4 Å². The number of nitrogens with one attached hydrogen (secondary N) is 4. The molecule has 0 saturated carbocycles. The van der Waals surface area contributed by atoms with Crippen molar-refractivity contribution >= 4 is 40.6 Å². The van der Waals surface area contributed by atoms with Gasteiger partial charge in [-0.1, -0.05) is 18.2 Å². The fourth-order valence-electron chi connectivity index (χ4n) is 3.72. The molecule has 13 N–H and O–H groups in total. The van der Waals surface area contributed by atoms with E-state index in [1.165, 1.54) is 6.92 Å². The summed E-state index contributed by atoms with van der Waals surface area (Å²) in [7, 11) is 0. The molecular weight excluding hydrogens is 512 g/mol. The number of carbonyl (C=O) groups is 4. The van der Waals surface area contributed by atoms with Crippen LogP contribution < -0.4 is 33.2 Å². The number of para-hydroxylation sites is 1. The molecular formula is C24H36N8O7. The van der Waals surface area contributed by atoms with Crippen molar-refractivity contribution in [3.8, 4) is 0 Å². The third kappa shape index (κ3) is 9.24. The number of guanidine groups is 1. The Balaban J connectivity index is 2.24. The van der Waals surface area contributed by atoms with Crippen LogP contribution in [0, 0.1) is 0 Å². The number of aliphatic imine (C=N–C) groups is 1. The fraction of sp³-hybridized carbons (Fsp3) is 0.458. The predicted octanol–water partition coefficient (Wildman–Crippen LogP) is -3.00. The number of aliphatic hydroxyl groups excluding tert-OH is 2. The van der Waals surface area contributed by atoms with Crippen molar-refractivity contribution in [3.05, 3.63) is 36.0 Å². The van der Waals surface area contributed by atoms with E-state index in [-0.39, 0.29) is 31.8 Å². The molecule has 2 rings (SSSR count). The van der Waals surface area contributed by atoms with E-state index in [0.717, 1.165) is 10.9 Å². The summed E-state index contributed by atoms with van der Waals surface area (Å²) in [5.74, 6) is -4.04. The lowest BCUT2D eigenvalue weighted by Gasteiger charge is -2.25. The maximum atomic E-state index is 13.3. The van der Waals surface area contributed by atoms with Gasteiger partial charge in [0.15, 0.2) is 5.96 Å². The number of carboxylic acid groups (broad SMARTS) is 1. The molecule has 3 amide bonds. The molecule has 5 atom stereocenters. The minimum absolute atomic E-state index is 0.0121. The van der Waals surface area contributed by atoms with Crippen LogP contribution in [0.1, 0.15) is 25.3 Å². The molecule has 0 spiro atoms. The number of aliphatic hydroxyl groups is 2. The van der Waals surface area contributed by atoms with E-state index in [1.807, 2.05) is 18.2 Å². The van der Waals surface area contributed by atoms with Gasteiger partial charge in [-0.15, -0.1) is 0 Å². The maximum absolute atomic E-state index is 13.3. The van der Waals surface area contributed by atoms with Gasteiger partial charge in [0, 0.05) is 30.1 Å². The van der Waals surface area contributed by atoms with Gasteiger partial charge in [-0.25, -0.2) is 4.79 Å². The highest BCUT2D eigenvalue weighted by atomic mass is 16.4. The summed E-state index contributed by atoms with van der Waals surface area (Å²) in [5.41, 5.74) is 17.6. The highest BCUT2D eigenvalue weighted by Gasteiger charge is 2.31. The van der Waals surface area contributed by atoms with Crippen LogP contribution in [0.3, 0.4) is 0 Å². The van der Waals surface area contributed by atoms with E-state index >= 15 is 0 Å². The van der Waals surface area contributed by atoms with Gasteiger partial charge in [-0.2, -0.15) is 0 Å². The first-order chi connectivity index (χ1) is 18.4. The van der Waals surface area contributed by atoms with Crippen LogP contribution in [0.2, 0.25) is 0 Å². The van der Waals surface area contributed by atoms with Crippen molar-refractivity contribution < 1.29 is 34.5 Å². The van der Waals surface area contributed by atoms with Crippen LogP contribution in [-0.2, 0) is 25.6 Å². The molecule has 5 unspecified atom stereocenters. The number of carboxylic acids is 1. The second kappa shape index (κ2) is 14.7. The summed E-state index contributed by atoms with van der Waals surface area (Å²) >= 11 is 0. The van der Waals surface area contributed by atoms with Gasteiger partial charge in [-0.3, -0.25) is 19.4 Å². The predicted molar refractivity (Wildman–Crippen MR) is 142 cm³/mol. The maximum Gasteiger partial charge on any atom is 0.326 e. The number of rotatable bonds is 15. The van der Waals surface area contributed by atoms with Crippen LogP contribution in [0.4, 0.5) is 0 Å². The summed E-state index contributed by atoms with van der Waals surface area (Å²) in [4.78, 5) is 57.1. The summed E-state index contributed by atoms with van der Waals surface area (Å²) in [6.45, 7) is 0.619. The number of aliphatic carboxylic acids is 1. The molecule has 0 aliphatic carbocycles. The molecule has 1 heterocycles. The Morgan fingerprint density at radius 1 is 1.00 bits per heavy atom. The second-order valence-electron chi connectivity index (χ2n) is 8.98. The summed E-state index contributed by atoms with van der Waals surface area (Å²) in [6, 6.07) is 1.83. The fourth-order valence-corrected chi connectivity index (χ4v) is 3.72. The molecule has 0 bridgehead atoms. The third-order valence-electron chi connectivity index (χ3n) is 5.93. The van der Waals surface area contributed by atoms with Gasteiger partial charge in [0.25, 0.3) is 0 Å². The normalized spacial score (nSPS) is 14.9. The molecule has 0 aliphatic rings. The Bertz CT molecular complexity index is 1180. The van der Waals surface area contributed by atoms with Crippen molar-refractivity contribution in [2.75, 3.05) is 13.2 Å². The number of hydrogen-bond acceptors (Lipinski definition) is 8. The van der Waals surface area contributed by atoms with E-state index in [4.69, 9.17) is 17.2 Å². The van der Waals surface area contributed by atoms with Crippen molar-refractivity contribution in [3.63, 3.8) is 0 Å². The molecule has 1 aromatic carbocycles. The number of H-pyrrole nitrogens is 1. The van der Waals surface area contributed by atoms with E-state index in [9.17, 15) is 34.5 Å². The number of benzene rings is 1. The average molecular weight is 549 g/mol. The highest BCUT2D eigenvalue weighted by Crippen LogP contribution is 2.19. The molecule has 0 fully saturated rings. The Morgan fingerprint density at radius 2 is 1.62 bits per heavy atom. The SMILES string of the molecule is CC(O)C(N)C(=O)NC(CO)C(=O)NC(Cc1c[nH]c2ccccc12)C(=O)NC(CCCN=C(N)N)C(=O)O. The van der Waals surface area contributed by atoms with E-state index in [1.54, 1.807) is 12.3 Å². The Kier molecular flexibility index (Phi) is 11.7. The minimum atomic E-state index is -1.49. The zero-order valence-corrected chi connectivity index (χ0v) is 21.5. The Labute approximate surface area is 224 Å². The summed E-state index contributed by atoms with van der Waals surface area (Å²) in [6.07, 6.45) is 0.678. The van der Waals surface area contributed by atoms with Gasteiger partial charge in [0.1, 0.15) is 24.2 Å². The summed E-state index contributed by atoms with van der Waals surface area (Å²) < 4.78 is 0. The molecule has 39 heavy (non-hydrogen) atoms. The molecule has 15 heteroatoms.